The van der Waals surface area contributed by atoms with Gasteiger partial charge >= 0.3 is 5.97 Å². The van der Waals surface area contributed by atoms with Crippen LogP contribution in [0.5, 0.6) is 0 Å². The second-order valence-corrected chi connectivity index (χ2v) is 6.54. The van der Waals surface area contributed by atoms with Gasteiger partial charge in [-0.2, -0.15) is 0 Å². The Morgan fingerprint density at radius 1 is 1.42 bits per heavy atom. The van der Waals surface area contributed by atoms with E-state index in [1.54, 1.807) is 6.07 Å². The van der Waals surface area contributed by atoms with Gasteiger partial charge in [-0.1, -0.05) is 23.1 Å². The highest BCUT2D eigenvalue weighted by Crippen LogP contribution is 2.32. The number of pyridine rings is 1. The monoisotopic (exact) mass is 314 g/mol. The Hall–Kier alpha value is -1.32. The molecule has 2 aromatic rings. The number of nitrogens with two attached hydrogens (primary N) is 1. The maximum atomic E-state index is 11.5. The number of nitrogen functional groups attached to an aromatic ring is 1. The number of aromatic nitrogens is 3. The summed E-state index contributed by atoms with van der Waals surface area (Å²) in [6.07, 6.45) is 3.37. The predicted octanol–water partition coefficient (Wildman–Crippen LogP) is 2.17. The maximum Gasteiger partial charge on any atom is 0.340 e. The van der Waals surface area contributed by atoms with Crippen LogP contribution in [0.4, 0.5) is 5.69 Å². The minimum absolute atomic E-state index is 0.290. The summed E-state index contributed by atoms with van der Waals surface area (Å²) in [6, 6.07) is 1.59. The number of methoxy groups -OCH3 is 1. The van der Waals surface area contributed by atoms with Gasteiger partial charge in [-0.05, 0) is 24.1 Å². The number of rotatable bonds is 4. The largest absolute Gasteiger partial charge is 0.465 e. The van der Waals surface area contributed by atoms with Crippen molar-refractivity contribution < 1.29 is 9.53 Å². The van der Waals surface area contributed by atoms with Gasteiger partial charge < -0.3 is 10.5 Å². The van der Waals surface area contributed by atoms with E-state index in [9.17, 15) is 4.79 Å². The van der Waals surface area contributed by atoms with Gasteiger partial charge in [-0.15, -0.1) is 10.2 Å². The quantitative estimate of drug-likeness (QED) is 0.678. The molecule has 2 N–H and O–H groups in total. The van der Waals surface area contributed by atoms with E-state index in [0.717, 1.165) is 8.68 Å². The molecule has 0 atom stereocenters. The lowest BCUT2D eigenvalue weighted by Gasteiger charge is -2.04. The van der Waals surface area contributed by atoms with Crippen molar-refractivity contribution in [2.24, 2.45) is 0 Å². The Kier molecular flexibility index (Phi) is 4.61. The number of esters is 1. The molecule has 9 heteroatoms. The molecule has 0 bridgehead atoms. The molecule has 0 aromatic carbocycles. The fourth-order valence-corrected chi connectivity index (χ4v) is 3.57. The van der Waals surface area contributed by atoms with E-state index in [4.69, 9.17) is 5.73 Å². The highest BCUT2D eigenvalue weighted by Gasteiger charge is 2.13. The van der Waals surface area contributed by atoms with E-state index < -0.39 is 5.97 Å². The van der Waals surface area contributed by atoms with Crippen LogP contribution >= 0.6 is 34.9 Å². The molecule has 2 aromatic heterocycles. The highest BCUT2D eigenvalue weighted by atomic mass is 32.2. The number of carbonyl (C=O) groups excluding carboxylic acids is 1. The normalized spacial score (nSPS) is 10.4. The van der Waals surface area contributed by atoms with Crippen LogP contribution in [0.25, 0.3) is 0 Å². The first kappa shape index (κ1) is 14.1. The number of nitrogens with zero attached hydrogens (tertiary/aromatic N) is 3. The van der Waals surface area contributed by atoms with E-state index in [1.807, 2.05) is 6.26 Å². The number of thioether (sulfide) groups is 1. The standard InChI is InChI=1S/C10H10N4O2S3/c1-16-8(15)5-3-7(12-4-6(5)11)18-10-14-13-9(17-2)19-10/h3-4H,11H2,1-2H3. The fourth-order valence-electron chi connectivity index (χ4n) is 1.20. The van der Waals surface area contributed by atoms with E-state index in [1.165, 1.54) is 48.2 Å². The lowest BCUT2D eigenvalue weighted by Crippen LogP contribution is -2.06. The summed E-state index contributed by atoms with van der Waals surface area (Å²) in [5.41, 5.74) is 6.27. The summed E-state index contributed by atoms with van der Waals surface area (Å²) in [7, 11) is 1.31. The molecule has 19 heavy (non-hydrogen) atoms. The van der Waals surface area contributed by atoms with Crippen LogP contribution in [-0.4, -0.2) is 34.5 Å². The van der Waals surface area contributed by atoms with Crippen LogP contribution in [0, 0.1) is 0 Å². The van der Waals surface area contributed by atoms with E-state index in [0.29, 0.717) is 16.3 Å². The Labute approximate surface area is 122 Å². The average Bonchev–Trinajstić information content (AvgIpc) is 2.87. The van der Waals surface area contributed by atoms with Crippen molar-refractivity contribution in [1.82, 2.24) is 15.2 Å². The highest BCUT2D eigenvalue weighted by molar-refractivity contribution is 8.02. The van der Waals surface area contributed by atoms with E-state index in [2.05, 4.69) is 19.9 Å². The molecule has 0 amide bonds. The van der Waals surface area contributed by atoms with Gasteiger partial charge in [0.1, 0.15) is 5.03 Å². The lowest BCUT2D eigenvalue weighted by molar-refractivity contribution is 0.0601. The topological polar surface area (TPSA) is 91.0 Å². The van der Waals surface area contributed by atoms with Crippen molar-refractivity contribution in [3.05, 3.63) is 17.8 Å². The zero-order chi connectivity index (χ0) is 13.8. The summed E-state index contributed by atoms with van der Waals surface area (Å²) < 4.78 is 6.30. The summed E-state index contributed by atoms with van der Waals surface area (Å²) in [6.45, 7) is 0. The molecule has 100 valence electrons. The summed E-state index contributed by atoms with van der Waals surface area (Å²) >= 11 is 4.33. The van der Waals surface area contributed by atoms with Gasteiger partial charge in [0, 0.05) is 0 Å². The molecule has 0 aliphatic carbocycles. The Balaban J connectivity index is 2.23. The Morgan fingerprint density at radius 2 is 2.16 bits per heavy atom. The third kappa shape index (κ3) is 3.37. The molecule has 0 aliphatic heterocycles. The van der Waals surface area contributed by atoms with Gasteiger partial charge in [0.25, 0.3) is 0 Å². The minimum Gasteiger partial charge on any atom is -0.465 e. The van der Waals surface area contributed by atoms with Crippen LogP contribution < -0.4 is 5.73 Å². The third-order valence-electron chi connectivity index (χ3n) is 2.07. The van der Waals surface area contributed by atoms with Crippen LogP contribution in [0.2, 0.25) is 0 Å². The van der Waals surface area contributed by atoms with Crippen molar-refractivity contribution in [1.29, 1.82) is 0 Å². The smallest absolute Gasteiger partial charge is 0.340 e. The fraction of sp³-hybridized carbons (Fsp3) is 0.200. The number of hydrogen-bond donors (Lipinski definition) is 1. The summed E-state index contributed by atoms with van der Waals surface area (Å²) in [4.78, 5) is 15.7. The molecule has 0 unspecified atom stereocenters. The van der Waals surface area contributed by atoms with Crippen LogP contribution in [0.3, 0.4) is 0 Å². The molecule has 0 spiro atoms. The third-order valence-corrected chi connectivity index (χ3v) is 4.95. The van der Waals surface area contributed by atoms with Gasteiger partial charge in [0.2, 0.25) is 0 Å². The van der Waals surface area contributed by atoms with Gasteiger partial charge in [-0.25, -0.2) is 9.78 Å². The van der Waals surface area contributed by atoms with Crippen molar-refractivity contribution >= 4 is 46.5 Å². The Bertz CT molecular complexity index is 602. The van der Waals surface area contributed by atoms with Gasteiger partial charge in [0.15, 0.2) is 8.68 Å². The second kappa shape index (κ2) is 6.22. The van der Waals surface area contributed by atoms with E-state index >= 15 is 0 Å². The summed E-state index contributed by atoms with van der Waals surface area (Å²) in [5, 5.41) is 8.63. The molecule has 2 rings (SSSR count). The molecule has 0 saturated carbocycles. The van der Waals surface area contributed by atoms with Crippen molar-refractivity contribution in [2.45, 2.75) is 13.7 Å². The summed E-state index contributed by atoms with van der Waals surface area (Å²) in [5.74, 6) is -0.483. The minimum atomic E-state index is -0.483. The zero-order valence-electron chi connectivity index (χ0n) is 10.1. The Morgan fingerprint density at radius 3 is 2.79 bits per heavy atom. The number of carbonyl (C=O) groups is 1. The first-order valence-electron chi connectivity index (χ1n) is 5.03. The van der Waals surface area contributed by atoms with Crippen molar-refractivity contribution in [3.63, 3.8) is 0 Å². The van der Waals surface area contributed by atoms with Crippen molar-refractivity contribution in [3.8, 4) is 0 Å². The first-order chi connectivity index (χ1) is 9.13. The average molecular weight is 314 g/mol. The predicted molar refractivity (Wildman–Crippen MR) is 75.8 cm³/mol. The molecule has 0 radical (unpaired) electrons. The number of ether oxygens (including phenoxy) is 1. The van der Waals surface area contributed by atoms with Gasteiger partial charge in [-0.3, -0.25) is 0 Å². The molecule has 0 saturated heterocycles. The van der Waals surface area contributed by atoms with Crippen molar-refractivity contribution in [2.75, 3.05) is 19.1 Å². The molecule has 0 aliphatic rings. The maximum absolute atomic E-state index is 11.5. The SMILES string of the molecule is COC(=O)c1cc(Sc2nnc(SC)s2)ncc1N. The second-order valence-electron chi connectivity index (χ2n) is 3.24. The number of anilines is 1. The molecule has 6 nitrogen and oxygen atoms in total. The molecule has 0 fully saturated rings. The van der Waals surface area contributed by atoms with Gasteiger partial charge in [0.05, 0.1) is 24.6 Å². The van der Waals surface area contributed by atoms with Crippen LogP contribution in [-0.2, 0) is 4.74 Å². The lowest BCUT2D eigenvalue weighted by atomic mass is 10.2. The number of hydrogen-bond acceptors (Lipinski definition) is 9. The first-order valence-corrected chi connectivity index (χ1v) is 7.89. The van der Waals surface area contributed by atoms with Crippen LogP contribution in [0.1, 0.15) is 10.4 Å². The molecule has 2 heterocycles. The van der Waals surface area contributed by atoms with Crippen LogP contribution in [0.15, 0.2) is 26.0 Å². The molecular weight excluding hydrogens is 304 g/mol. The molecular formula is C10H10N4O2S3. The zero-order valence-corrected chi connectivity index (χ0v) is 12.6. The van der Waals surface area contributed by atoms with E-state index in [-0.39, 0.29) is 0 Å².